The first kappa shape index (κ1) is 16.7. The monoisotopic (exact) mass is 299 g/mol. The first-order chi connectivity index (χ1) is 7.74. The molecular weight excluding hydrogens is 281 g/mol. The lowest BCUT2D eigenvalue weighted by molar-refractivity contribution is 0.116. The molecule has 100 valence electrons. The van der Waals surface area contributed by atoms with E-state index in [1.165, 1.54) is 0 Å². The Morgan fingerprint density at radius 2 is 2.12 bits per heavy atom. The van der Waals surface area contributed by atoms with E-state index >= 15 is 0 Å². The van der Waals surface area contributed by atoms with E-state index in [0.717, 1.165) is 41.5 Å². The van der Waals surface area contributed by atoms with Crippen molar-refractivity contribution in [1.82, 2.24) is 21.0 Å². The number of hydrogen-bond donors (Lipinski definition) is 2. The Morgan fingerprint density at radius 1 is 1.47 bits per heavy atom. The van der Waals surface area contributed by atoms with E-state index < -0.39 is 0 Å². The first-order valence-electron chi connectivity index (χ1n) is 5.39. The maximum Gasteiger partial charge on any atom is 0.139 e. The van der Waals surface area contributed by atoms with E-state index in [9.17, 15) is 0 Å². The van der Waals surface area contributed by atoms with Crippen molar-refractivity contribution < 1.29 is 0 Å². The molecule has 0 aromatic rings. The molecule has 1 aliphatic rings. The Morgan fingerprint density at radius 3 is 2.59 bits per heavy atom. The molecule has 1 heterocycles. The van der Waals surface area contributed by atoms with Gasteiger partial charge in [0.25, 0.3) is 0 Å². The molecule has 0 atom stereocenters. The van der Waals surface area contributed by atoms with Crippen molar-refractivity contribution in [2.75, 3.05) is 19.6 Å². The minimum atomic E-state index is 0. The molecule has 17 heavy (non-hydrogen) atoms. The summed E-state index contributed by atoms with van der Waals surface area (Å²) >= 11 is 0. The predicted octanol–water partition coefficient (Wildman–Crippen LogP) is 2.14. The molecule has 0 aromatic heterocycles. The van der Waals surface area contributed by atoms with Crippen LogP contribution in [0.2, 0.25) is 0 Å². The molecule has 0 fully saturated rings. The van der Waals surface area contributed by atoms with Crippen LogP contribution in [0, 0.1) is 0 Å². The zero-order chi connectivity index (χ0) is 12.0. The van der Waals surface area contributed by atoms with Gasteiger partial charge < -0.3 is 4.90 Å². The Bertz CT molecular complexity index is 281. The highest BCUT2D eigenvalue weighted by atomic mass is 35.7. The summed E-state index contributed by atoms with van der Waals surface area (Å²) in [4.78, 5) is 2.20. The second kappa shape index (κ2) is 8.74. The summed E-state index contributed by atoms with van der Waals surface area (Å²) in [6, 6.07) is 0. The number of rotatable bonds is 5. The van der Waals surface area contributed by atoms with Gasteiger partial charge in [-0.3, -0.25) is 5.43 Å². The fourth-order valence-electron chi connectivity index (χ4n) is 1.40. The van der Waals surface area contributed by atoms with E-state index in [0.29, 0.717) is 0 Å². The van der Waals surface area contributed by atoms with E-state index in [1.54, 1.807) is 5.23 Å². The normalized spacial score (nSPS) is 14.5. The van der Waals surface area contributed by atoms with Gasteiger partial charge in [0.15, 0.2) is 0 Å². The maximum absolute atomic E-state index is 5.74. The highest BCUT2D eigenvalue weighted by Gasteiger charge is 2.15. The Hall–Kier alpha value is -0.300. The first-order valence-corrected chi connectivity index (χ1v) is 7.03. The number of hydrogen-bond acceptors (Lipinski definition) is 6. The third-order valence-corrected chi connectivity index (χ3v) is 3.00. The predicted molar refractivity (Wildman–Crippen MR) is 77.8 cm³/mol. The van der Waals surface area contributed by atoms with Crippen molar-refractivity contribution in [3.8, 4) is 0 Å². The van der Waals surface area contributed by atoms with Gasteiger partial charge in [-0.25, -0.2) is 0 Å². The van der Waals surface area contributed by atoms with Crippen molar-refractivity contribution in [3.63, 3.8) is 0 Å². The Kier molecular flexibility index (Phi) is 8.59. The fourth-order valence-corrected chi connectivity index (χ4v) is 1.89. The van der Waals surface area contributed by atoms with Crippen molar-refractivity contribution in [2.45, 2.75) is 20.8 Å². The second-order valence-corrected chi connectivity index (χ2v) is 4.19. The molecule has 5 nitrogen and oxygen atoms in total. The van der Waals surface area contributed by atoms with Crippen LogP contribution in [0.1, 0.15) is 20.8 Å². The minimum absolute atomic E-state index is 0. The molecule has 1 aliphatic heterocycles. The molecule has 2 N–H and O–H groups in total. The van der Waals surface area contributed by atoms with Crippen molar-refractivity contribution in [1.29, 1.82) is 0 Å². The van der Waals surface area contributed by atoms with Crippen LogP contribution in [0.4, 0.5) is 0 Å². The topological polar surface area (TPSA) is 42.9 Å². The van der Waals surface area contributed by atoms with E-state index in [2.05, 4.69) is 34.7 Å². The molecule has 8 heteroatoms. The van der Waals surface area contributed by atoms with Crippen molar-refractivity contribution >= 4 is 39.1 Å². The van der Waals surface area contributed by atoms with Crippen LogP contribution < -0.4 is 10.9 Å². The van der Waals surface area contributed by atoms with Crippen LogP contribution in [0.3, 0.4) is 0 Å². The SMILES string of the molecule is CCNN1N=C(SCl)C=C(N(CC)CC)N1.Cl. The number of halogens is 2. The molecule has 1 rings (SSSR count). The van der Waals surface area contributed by atoms with Gasteiger partial charge in [0.1, 0.15) is 10.9 Å². The Labute approximate surface area is 117 Å². The van der Waals surface area contributed by atoms with Crippen LogP contribution in [0.25, 0.3) is 0 Å². The smallest absolute Gasteiger partial charge is 0.139 e. The highest BCUT2D eigenvalue weighted by molar-refractivity contribution is 8.33. The van der Waals surface area contributed by atoms with Crippen molar-refractivity contribution in [2.24, 2.45) is 5.10 Å². The largest absolute Gasteiger partial charge is 0.357 e. The summed E-state index contributed by atoms with van der Waals surface area (Å²) in [5, 5.41) is 6.61. The summed E-state index contributed by atoms with van der Waals surface area (Å²) in [5.41, 5.74) is 6.25. The number of hydrazine groups is 2. The van der Waals surface area contributed by atoms with Gasteiger partial charge in [0.2, 0.25) is 0 Å². The molecule has 0 aromatic carbocycles. The zero-order valence-electron chi connectivity index (χ0n) is 10.2. The molecule has 0 saturated carbocycles. The molecule has 0 radical (unpaired) electrons. The van der Waals surface area contributed by atoms with Gasteiger partial charge in [-0.2, -0.15) is 5.43 Å². The maximum atomic E-state index is 5.74. The third-order valence-electron chi connectivity index (χ3n) is 2.17. The quantitative estimate of drug-likeness (QED) is 0.814. The summed E-state index contributed by atoms with van der Waals surface area (Å²) in [6.45, 7) is 8.92. The van der Waals surface area contributed by atoms with Crippen LogP contribution in [0.5, 0.6) is 0 Å². The average molecular weight is 300 g/mol. The highest BCUT2D eigenvalue weighted by Crippen LogP contribution is 2.16. The average Bonchev–Trinajstić information content (AvgIpc) is 2.31. The van der Waals surface area contributed by atoms with Crippen molar-refractivity contribution in [3.05, 3.63) is 11.9 Å². The second-order valence-electron chi connectivity index (χ2n) is 3.15. The van der Waals surface area contributed by atoms with Gasteiger partial charge in [0, 0.05) is 36.7 Å². The lowest BCUT2D eigenvalue weighted by atomic mass is 10.4. The molecule has 0 aliphatic carbocycles. The summed E-state index contributed by atoms with van der Waals surface area (Å²) in [7, 11) is 6.86. The van der Waals surface area contributed by atoms with Crippen LogP contribution in [-0.4, -0.2) is 34.8 Å². The van der Waals surface area contributed by atoms with Crippen LogP contribution in [0.15, 0.2) is 17.0 Å². The zero-order valence-corrected chi connectivity index (χ0v) is 12.6. The van der Waals surface area contributed by atoms with E-state index in [1.807, 2.05) is 13.0 Å². The fraction of sp³-hybridized carbons (Fsp3) is 0.667. The number of nitrogens with zero attached hydrogens (tertiary/aromatic N) is 3. The minimum Gasteiger partial charge on any atom is -0.357 e. The van der Waals surface area contributed by atoms with Gasteiger partial charge in [-0.05, 0) is 24.5 Å². The Balaban J connectivity index is 0.00000256. The lowest BCUT2D eigenvalue weighted by Gasteiger charge is -2.32. The summed E-state index contributed by atoms with van der Waals surface area (Å²) < 4.78 is 0. The van der Waals surface area contributed by atoms with E-state index in [-0.39, 0.29) is 12.4 Å². The van der Waals surface area contributed by atoms with Crippen LogP contribution in [-0.2, 0) is 0 Å². The summed E-state index contributed by atoms with van der Waals surface area (Å²) in [6.07, 6.45) is 1.94. The molecular formula is C9H19Cl2N5S. The molecule has 0 saturated heterocycles. The molecule has 0 bridgehead atoms. The molecule has 0 spiro atoms. The van der Waals surface area contributed by atoms with Gasteiger partial charge in [-0.15, -0.1) is 22.7 Å². The van der Waals surface area contributed by atoms with Gasteiger partial charge >= 0.3 is 0 Å². The third kappa shape index (κ3) is 4.83. The number of hydrazone groups is 1. The molecule has 0 unspecified atom stereocenters. The van der Waals surface area contributed by atoms with Gasteiger partial charge in [-0.1, -0.05) is 6.92 Å². The summed E-state index contributed by atoms with van der Waals surface area (Å²) in [5.74, 6) is 1.00. The van der Waals surface area contributed by atoms with E-state index in [4.69, 9.17) is 10.7 Å². The standard InChI is InChI=1S/C9H18ClN5S.ClH/c1-4-11-15-12-8(14(5-2)6-3)7-9(13-15)16-10;/h7,11-12H,4-6H2,1-3H3;1H. The lowest BCUT2D eigenvalue weighted by Crippen LogP contribution is -2.49. The molecule has 0 amide bonds. The van der Waals surface area contributed by atoms with Gasteiger partial charge in [0.05, 0.1) is 0 Å². The number of nitrogens with one attached hydrogen (secondary N) is 2. The van der Waals surface area contributed by atoms with Crippen LogP contribution >= 0.6 is 34.1 Å².